The minimum atomic E-state index is -3.94. The lowest BCUT2D eigenvalue weighted by atomic mass is 10.1. The number of aryl methyl sites for hydroxylation is 1. The number of rotatable bonds is 4. The summed E-state index contributed by atoms with van der Waals surface area (Å²) in [5.41, 5.74) is 3.30. The van der Waals surface area contributed by atoms with Gasteiger partial charge < -0.3 is 4.42 Å². The molecule has 0 aliphatic rings. The molecule has 0 spiro atoms. The van der Waals surface area contributed by atoms with Gasteiger partial charge in [-0.3, -0.25) is 4.57 Å². The molecule has 0 atom stereocenters. The Morgan fingerprint density at radius 3 is 2.38 bits per heavy atom. The number of nitrogens with zero attached hydrogens (tertiary/aromatic N) is 2. The normalized spacial score (nSPS) is 12.5. The van der Waals surface area contributed by atoms with Crippen molar-refractivity contribution in [2.75, 3.05) is 0 Å². The van der Waals surface area contributed by atoms with Crippen molar-refractivity contribution in [3.05, 3.63) is 99.8 Å². The van der Waals surface area contributed by atoms with Gasteiger partial charge in [0.25, 0.3) is 10.0 Å². The second-order valence-corrected chi connectivity index (χ2v) is 10.0. The van der Waals surface area contributed by atoms with E-state index in [0.717, 1.165) is 33.7 Å². The van der Waals surface area contributed by atoms with Crippen LogP contribution in [0, 0.1) is 6.92 Å². The molecule has 160 valence electrons. The van der Waals surface area contributed by atoms with Gasteiger partial charge in [0, 0.05) is 27.0 Å². The van der Waals surface area contributed by atoms with E-state index in [-0.39, 0.29) is 4.90 Å². The van der Waals surface area contributed by atoms with Gasteiger partial charge in [0.2, 0.25) is 4.80 Å². The average Bonchev–Trinajstić information content (AvgIpc) is 3.33. The lowest BCUT2D eigenvalue weighted by Crippen LogP contribution is -2.16. The number of sulfonamides is 1. The molecule has 0 bridgehead atoms. The Kier molecular flexibility index (Phi) is 5.25. The molecule has 0 saturated carbocycles. The van der Waals surface area contributed by atoms with Gasteiger partial charge in [-0.25, -0.2) is 0 Å². The van der Waals surface area contributed by atoms with Crippen LogP contribution >= 0.6 is 22.9 Å². The lowest BCUT2D eigenvalue weighted by Gasteiger charge is -2.09. The number of furan rings is 1. The molecule has 5 rings (SSSR count). The molecule has 3 aromatic carbocycles. The zero-order valence-corrected chi connectivity index (χ0v) is 19.3. The molecule has 0 amide bonds. The minimum Gasteiger partial charge on any atom is -0.461 e. The Hall–Kier alpha value is -3.13. The number of thiazole rings is 1. The van der Waals surface area contributed by atoms with Gasteiger partial charge in [-0.05, 0) is 49.4 Å². The zero-order chi connectivity index (χ0) is 22.3. The number of halogens is 1. The third-order valence-corrected chi connectivity index (χ3v) is 7.53. The van der Waals surface area contributed by atoms with Crippen LogP contribution in [-0.4, -0.2) is 13.0 Å². The predicted octanol–water partition coefficient (Wildman–Crippen LogP) is 6.20. The molecule has 32 heavy (non-hydrogen) atoms. The molecular formula is C24H17ClN2O3S2. The third kappa shape index (κ3) is 3.68. The highest BCUT2D eigenvalue weighted by Gasteiger charge is 2.20. The number of hydrogen-bond acceptors (Lipinski definition) is 4. The Morgan fingerprint density at radius 2 is 1.62 bits per heavy atom. The maximum atomic E-state index is 13.0. The van der Waals surface area contributed by atoms with E-state index < -0.39 is 10.0 Å². The molecule has 0 unspecified atom stereocenters. The second kappa shape index (κ2) is 8.09. The largest absolute Gasteiger partial charge is 0.461 e. The Balaban J connectivity index is 1.79. The summed E-state index contributed by atoms with van der Waals surface area (Å²) in [4.78, 5) is 0.423. The molecular weight excluding hydrogens is 464 g/mol. The minimum absolute atomic E-state index is 0.0846. The fraction of sp³-hybridized carbons (Fsp3) is 0.0417. The maximum Gasteiger partial charge on any atom is 0.285 e. The first-order valence-corrected chi connectivity index (χ1v) is 12.4. The number of aromatic nitrogens is 1. The van der Waals surface area contributed by atoms with Crippen molar-refractivity contribution < 1.29 is 12.8 Å². The lowest BCUT2D eigenvalue weighted by molar-refractivity contribution is 0.579. The fourth-order valence-electron chi connectivity index (χ4n) is 3.62. The molecule has 5 aromatic rings. The Labute approximate surface area is 193 Å². The summed E-state index contributed by atoms with van der Waals surface area (Å²) in [6.45, 7) is 1.91. The van der Waals surface area contributed by atoms with Crippen LogP contribution in [0.1, 0.15) is 5.76 Å². The van der Waals surface area contributed by atoms with Gasteiger partial charge in [0.1, 0.15) is 11.3 Å². The fourth-order valence-corrected chi connectivity index (χ4v) is 5.84. The maximum absolute atomic E-state index is 13.0. The van der Waals surface area contributed by atoms with Crippen molar-refractivity contribution in [2.45, 2.75) is 11.8 Å². The van der Waals surface area contributed by atoms with E-state index in [9.17, 15) is 8.42 Å². The molecule has 0 N–H and O–H groups in total. The monoisotopic (exact) mass is 480 g/mol. The SMILES string of the molecule is Cc1oc2ccccc2c1-c1csc(=NS(=O)(=O)c2ccc(Cl)cc2)n1-c1ccccc1. The van der Waals surface area contributed by atoms with Crippen molar-refractivity contribution in [1.29, 1.82) is 0 Å². The van der Waals surface area contributed by atoms with E-state index >= 15 is 0 Å². The van der Waals surface area contributed by atoms with Crippen LogP contribution in [0.25, 0.3) is 27.9 Å². The van der Waals surface area contributed by atoms with E-state index in [1.54, 1.807) is 0 Å². The van der Waals surface area contributed by atoms with Gasteiger partial charge in [-0.1, -0.05) is 48.0 Å². The summed E-state index contributed by atoms with van der Waals surface area (Å²) in [6.07, 6.45) is 0. The summed E-state index contributed by atoms with van der Waals surface area (Å²) >= 11 is 7.17. The van der Waals surface area contributed by atoms with Gasteiger partial charge in [0.05, 0.1) is 10.6 Å². The van der Waals surface area contributed by atoms with E-state index in [1.165, 1.54) is 35.6 Å². The first kappa shape index (κ1) is 20.8. The van der Waals surface area contributed by atoms with Crippen molar-refractivity contribution in [2.24, 2.45) is 4.40 Å². The number of para-hydroxylation sites is 2. The van der Waals surface area contributed by atoms with Crippen molar-refractivity contribution in [1.82, 2.24) is 4.57 Å². The molecule has 5 nitrogen and oxygen atoms in total. The predicted molar refractivity (Wildman–Crippen MR) is 128 cm³/mol. The highest BCUT2D eigenvalue weighted by atomic mass is 35.5. The Bertz CT molecular complexity index is 1600. The molecule has 2 aromatic heterocycles. The van der Waals surface area contributed by atoms with Crippen molar-refractivity contribution in [3.8, 4) is 16.9 Å². The third-order valence-electron chi connectivity index (χ3n) is 5.06. The first-order valence-electron chi connectivity index (χ1n) is 9.75. The van der Waals surface area contributed by atoms with Crippen LogP contribution in [0.2, 0.25) is 5.02 Å². The van der Waals surface area contributed by atoms with Crippen molar-refractivity contribution in [3.63, 3.8) is 0 Å². The molecule has 2 heterocycles. The standard InChI is InChI=1S/C24H17ClN2O3S2/c1-16-23(20-9-5-6-10-22(20)30-16)21-15-31-24(27(21)18-7-3-2-4-8-18)26-32(28,29)19-13-11-17(25)12-14-19/h2-15H,1H3. The van der Waals surface area contributed by atoms with E-state index in [4.69, 9.17) is 16.0 Å². The van der Waals surface area contributed by atoms with Crippen molar-refractivity contribution >= 4 is 43.9 Å². The molecule has 8 heteroatoms. The van der Waals surface area contributed by atoms with E-state index in [2.05, 4.69) is 4.40 Å². The quantitative estimate of drug-likeness (QED) is 0.307. The molecule has 0 aliphatic carbocycles. The van der Waals surface area contributed by atoms with Gasteiger partial charge in [0.15, 0.2) is 0 Å². The van der Waals surface area contributed by atoms with Crippen LogP contribution in [0.4, 0.5) is 0 Å². The summed E-state index contributed by atoms with van der Waals surface area (Å²) in [5.74, 6) is 0.751. The number of fused-ring (bicyclic) bond motifs is 1. The van der Waals surface area contributed by atoms with Crippen LogP contribution in [-0.2, 0) is 10.0 Å². The first-order chi connectivity index (χ1) is 15.4. The number of benzene rings is 3. The van der Waals surface area contributed by atoms with Gasteiger partial charge in [-0.15, -0.1) is 15.7 Å². The van der Waals surface area contributed by atoms with Crippen LogP contribution in [0.5, 0.6) is 0 Å². The summed E-state index contributed by atoms with van der Waals surface area (Å²) in [5, 5.41) is 3.33. The molecule has 0 saturated heterocycles. The summed E-state index contributed by atoms with van der Waals surface area (Å²) < 4.78 is 38.1. The number of hydrogen-bond donors (Lipinski definition) is 0. The zero-order valence-electron chi connectivity index (χ0n) is 16.9. The van der Waals surface area contributed by atoms with Crippen LogP contribution in [0.3, 0.4) is 0 Å². The average molecular weight is 481 g/mol. The van der Waals surface area contributed by atoms with Gasteiger partial charge in [-0.2, -0.15) is 8.42 Å². The Morgan fingerprint density at radius 1 is 0.938 bits per heavy atom. The van der Waals surface area contributed by atoms with Gasteiger partial charge >= 0.3 is 0 Å². The van der Waals surface area contributed by atoms with E-state index in [0.29, 0.717) is 9.82 Å². The smallest absolute Gasteiger partial charge is 0.285 e. The molecule has 0 radical (unpaired) electrons. The summed E-state index contributed by atoms with van der Waals surface area (Å²) in [7, 11) is -3.94. The highest BCUT2D eigenvalue weighted by Crippen LogP contribution is 2.35. The highest BCUT2D eigenvalue weighted by molar-refractivity contribution is 7.90. The second-order valence-electron chi connectivity index (χ2n) is 7.12. The molecule has 0 aliphatic heterocycles. The van der Waals surface area contributed by atoms with Crippen LogP contribution in [0.15, 0.2) is 98.0 Å². The van der Waals surface area contributed by atoms with Crippen LogP contribution < -0.4 is 4.80 Å². The topological polar surface area (TPSA) is 64.6 Å². The van der Waals surface area contributed by atoms with E-state index in [1.807, 2.05) is 71.5 Å². The molecule has 0 fully saturated rings. The summed E-state index contributed by atoms with van der Waals surface area (Å²) in [6, 6.07) is 23.3.